The molecule has 17 nitrogen and oxygen atoms in total. The van der Waals surface area contributed by atoms with Crippen LogP contribution in [0.1, 0.15) is 93.4 Å². The van der Waals surface area contributed by atoms with Gasteiger partial charge in [-0.3, -0.25) is 9.59 Å². The van der Waals surface area contributed by atoms with Crippen molar-refractivity contribution in [2.75, 3.05) is 32.6 Å². The molecule has 1 aliphatic carbocycles. The summed E-state index contributed by atoms with van der Waals surface area (Å²) < 4.78 is 45.3. The maximum atomic E-state index is 14.9. The zero-order valence-electron chi connectivity index (χ0n) is 38.2. The molecular formula is C45H63N7O10S2. The number of sulfonamides is 1. The lowest BCUT2D eigenvalue weighted by molar-refractivity contribution is -0.145. The van der Waals surface area contributed by atoms with Gasteiger partial charge >= 0.3 is 12.1 Å². The fourth-order valence-corrected chi connectivity index (χ4v) is 9.97. The number of carboxylic acids is 1. The van der Waals surface area contributed by atoms with Crippen molar-refractivity contribution in [3.8, 4) is 22.9 Å². The number of ether oxygens (including phenoxy) is 3. The molecule has 4 N–H and O–H groups in total. The van der Waals surface area contributed by atoms with E-state index in [2.05, 4.69) is 16.0 Å². The van der Waals surface area contributed by atoms with Crippen LogP contribution >= 0.6 is 11.3 Å². The van der Waals surface area contributed by atoms with E-state index < -0.39 is 80.3 Å². The number of aromatic nitrogens is 2. The third-order valence-electron chi connectivity index (χ3n) is 12.0. The number of pyridine rings is 1. The summed E-state index contributed by atoms with van der Waals surface area (Å²) >= 11 is 1.44. The molecule has 6 atom stereocenters. The van der Waals surface area contributed by atoms with Crippen molar-refractivity contribution >= 4 is 61.3 Å². The van der Waals surface area contributed by atoms with E-state index in [0.717, 1.165) is 11.6 Å². The molecule has 1 saturated carbocycles. The molecule has 350 valence electrons. The first-order valence-electron chi connectivity index (χ1n) is 22.0. The van der Waals surface area contributed by atoms with E-state index in [-0.39, 0.29) is 38.4 Å². The van der Waals surface area contributed by atoms with Crippen LogP contribution < -0.4 is 25.4 Å². The molecule has 2 fully saturated rings. The number of benzene rings is 1. The van der Waals surface area contributed by atoms with Crippen molar-refractivity contribution in [2.45, 2.75) is 135 Å². The second-order valence-corrected chi connectivity index (χ2v) is 22.1. The maximum absolute atomic E-state index is 14.9. The molecule has 2 aromatic heterocycles. The highest BCUT2D eigenvalue weighted by Gasteiger charge is 2.61. The standard InChI is InChI=1S/C45H63N7O10S2/c1-26(2)46-42-48-35(25-63-42)34-21-37(31-18-17-29(60-9)19-33(31)47-34)61-30-20-36-39(53)50-45(41(55)56)22-28(45)15-13-11-10-12-14-16-32(40(54)52(36)23-30)49-43(57)62-38(44(5,6)7)24-51(8)64(58,59)27(3)4/h13,15,17-19,21,25-28,30,32,36,38H,10-12,14,16,20,22-24H2,1-9H3,(H,46,48)(H,49,57)(H,50,53)(H,55,56)/t28?,30-,32+,36+,38-,45-/m1/s1. The lowest BCUT2D eigenvalue weighted by Gasteiger charge is -2.34. The first kappa shape index (κ1) is 48.4. The van der Waals surface area contributed by atoms with Gasteiger partial charge in [-0.25, -0.2) is 32.3 Å². The Morgan fingerprint density at radius 1 is 1.09 bits per heavy atom. The van der Waals surface area contributed by atoms with E-state index in [1.54, 1.807) is 39.2 Å². The van der Waals surface area contributed by atoms with E-state index in [1.807, 2.05) is 58.2 Å². The third-order valence-corrected chi connectivity index (χ3v) is 15.0. The van der Waals surface area contributed by atoms with Gasteiger partial charge in [-0.15, -0.1) is 11.3 Å². The molecule has 6 rings (SSSR count). The molecule has 64 heavy (non-hydrogen) atoms. The second-order valence-electron chi connectivity index (χ2n) is 18.7. The fraction of sp³-hybridized carbons (Fsp3) is 0.600. The summed E-state index contributed by atoms with van der Waals surface area (Å²) in [7, 11) is -0.666. The number of hydrogen-bond acceptors (Lipinski definition) is 13. The number of fused-ring (bicyclic) bond motifs is 3. The molecule has 3 aromatic rings. The molecule has 0 spiro atoms. The van der Waals surface area contributed by atoms with Gasteiger partial charge in [0, 0.05) is 53.7 Å². The number of thiazole rings is 1. The van der Waals surface area contributed by atoms with Crippen LogP contribution in [0.2, 0.25) is 0 Å². The zero-order valence-corrected chi connectivity index (χ0v) is 39.8. The summed E-state index contributed by atoms with van der Waals surface area (Å²) in [4.78, 5) is 66.8. The molecular weight excluding hydrogens is 863 g/mol. The highest BCUT2D eigenvalue weighted by atomic mass is 32.2. The van der Waals surface area contributed by atoms with Gasteiger partial charge in [-0.05, 0) is 65.5 Å². The van der Waals surface area contributed by atoms with Gasteiger partial charge in [0.2, 0.25) is 21.8 Å². The Hall–Kier alpha value is -5.01. The Labute approximate surface area is 379 Å². The van der Waals surface area contributed by atoms with Crippen molar-refractivity contribution < 1.29 is 46.9 Å². The van der Waals surface area contributed by atoms with Crippen LogP contribution in [0.5, 0.6) is 11.5 Å². The first-order valence-corrected chi connectivity index (χ1v) is 24.3. The predicted molar refractivity (Wildman–Crippen MR) is 245 cm³/mol. The van der Waals surface area contributed by atoms with E-state index in [0.29, 0.717) is 53.1 Å². The maximum Gasteiger partial charge on any atom is 0.408 e. The van der Waals surface area contributed by atoms with Gasteiger partial charge in [0.05, 0.1) is 36.7 Å². The van der Waals surface area contributed by atoms with Crippen LogP contribution in [0.3, 0.4) is 0 Å². The number of nitrogens with zero attached hydrogens (tertiary/aromatic N) is 4. The normalized spacial score (nSPS) is 23.8. The SMILES string of the molecule is COc1ccc2c(O[C@@H]3C[C@H]4C(=O)N[C@]5(C(=O)O)CC5C=CCCCCC[C@H](NC(=O)O[C@H](CN(C)S(=O)(=O)C(C)C)C(C)(C)C)C(=O)N4C3)cc(-c3csc(NC(C)C)n3)nc2c1. The van der Waals surface area contributed by atoms with Crippen LogP contribution in [0.4, 0.5) is 9.93 Å². The van der Waals surface area contributed by atoms with Crippen LogP contribution in [0, 0.1) is 11.3 Å². The Morgan fingerprint density at radius 2 is 1.84 bits per heavy atom. The summed E-state index contributed by atoms with van der Waals surface area (Å²) in [5.74, 6) is -1.76. The molecule has 0 bridgehead atoms. The summed E-state index contributed by atoms with van der Waals surface area (Å²) in [5, 5.41) is 21.8. The Balaban J connectivity index is 1.32. The predicted octanol–water partition coefficient (Wildman–Crippen LogP) is 6.19. The molecule has 1 saturated heterocycles. The summed E-state index contributed by atoms with van der Waals surface area (Å²) in [6, 6.07) is 5.04. The van der Waals surface area contributed by atoms with E-state index in [1.165, 1.54) is 27.6 Å². The van der Waals surface area contributed by atoms with Crippen molar-refractivity contribution in [2.24, 2.45) is 11.3 Å². The average molecular weight is 926 g/mol. The molecule has 4 heterocycles. The van der Waals surface area contributed by atoms with Gasteiger partial charge in [-0.1, -0.05) is 45.8 Å². The minimum absolute atomic E-state index is 0.0160. The van der Waals surface area contributed by atoms with Crippen molar-refractivity contribution in [3.05, 3.63) is 41.8 Å². The molecule has 19 heteroatoms. The average Bonchev–Trinajstić information content (AvgIpc) is 3.48. The lowest BCUT2D eigenvalue weighted by Crippen LogP contribution is -2.56. The summed E-state index contributed by atoms with van der Waals surface area (Å²) in [6.07, 6.45) is 4.39. The first-order chi connectivity index (χ1) is 30.1. The Bertz CT molecular complexity index is 2350. The van der Waals surface area contributed by atoms with Gasteiger partial charge < -0.3 is 40.2 Å². The minimum Gasteiger partial charge on any atom is -0.497 e. The zero-order chi connectivity index (χ0) is 46.7. The topological polar surface area (TPSA) is 219 Å². The van der Waals surface area contributed by atoms with Crippen LogP contribution in [-0.4, -0.2) is 125 Å². The van der Waals surface area contributed by atoms with Gasteiger partial charge in [0.1, 0.15) is 47.0 Å². The largest absolute Gasteiger partial charge is 0.497 e. The number of likely N-dealkylation sites (N-methyl/N-ethyl adjacent to an activating group) is 1. The van der Waals surface area contributed by atoms with Gasteiger partial charge in [-0.2, -0.15) is 0 Å². The van der Waals surface area contributed by atoms with Crippen molar-refractivity contribution in [1.29, 1.82) is 0 Å². The Kier molecular flexibility index (Phi) is 14.8. The number of nitrogens with one attached hydrogen (secondary N) is 3. The van der Waals surface area contributed by atoms with Gasteiger partial charge in [0.15, 0.2) is 5.13 Å². The summed E-state index contributed by atoms with van der Waals surface area (Å²) in [6.45, 7) is 12.5. The number of rotatable bonds is 13. The summed E-state index contributed by atoms with van der Waals surface area (Å²) in [5.41, 5.74) is -0.486. The Morgan fingerprint density at radius 3 is 2.52 bits per heavy atom. The van der Waals surface area contributed by atoms with Crippen LogP contribution in [0.25, 0.3) is 22.3 Å². The smallest absolute Gasteiger partial charge is 0.408 e. The molecule has 3 amide bonds. The van der Waals surface area contributed by atoms with E-state index >= 15 is 0 Å². The second kappa shape index (κ2) is 19.6. The quantitative estimate of drug-likeness (QED) is 0.141. The highest BCUT2D eigenvalue weighted by molar-refractivity contribution is 7.89. The highest BCUT2D eigenvalue weighted by Crippen LogP contribution is 2.46. The molecule has 2 aliphatic heterocycles. The van der Waals surface area contributed by atoms with Crippen molar-refractivity contribution in [1.82, 2.24) is 29.8 Å². The monoisotopic (exact) mass is 925 g/mol. The third kappa shape index (κ3) is 11.1. The number of aliphatic carboxylic acids is 1. The number of anilines is 1. The van der Waals surface area contributed by atoms with Crippen molar-refractivity contribution in [3.63, 3.8) is 0 Å². The minimum atomic E-state index is -3.67. The molecule has 1 unspecified atom stereocenters. The van der Waals surface area contributed by atoms with Crippen LogP contribution in [0.15, 0.2) is 41.8 Å². The number of carboxylic acid groups (broad SMARTS) is 1. The molecule has 0 radical (unpaired) electrons. The van der Waals surface area contributed by atoms with Gasteiger partial charge in [0.25, 0.3) is 0 Å². The lowest BCUT2D eigenvalue weighted by atomic mass is 9.89. The van der Waals surface area contributed by atoms with E-state index in [9.17, 15) is 32.7 Å². The number of alkyl carbamates (subject to hydrolysis) is 1. The number of methoxy groups -OCH3 is 1. The number of carbonyl (C=O) groups is 4. The number of allylic oxidation sites excluding steroid dienone is 1. The number of hydrogen-bond donors (Lipinski definition) is 4. The number of amides is 3. The van der Waals surface area contributed by atoms with Crippen LogP contribution in [-0.2, 0) is 29.1 Å². The molecule has 1 aromatic carbocycles. The van der Waals surface area contributed by atoms with E-state index in [4.69, 9.17) is 24.2 Å². The number of carbonyl (C=O) groups excluding carboxylic acids is 3. The fourth-order valence-electron chi connectivity index (χ4n) is 8.05. The molecule has 3 aliphatic rings.